The summed E-state index contributed by atoms with van der Waals surface area (Å²) in [5.74, 6) is 0.134. The van der Waals surface area contributed by atoms with Crippen molar-refractivity contribution in [3.8, 4) is 0 Å². The van der Waals surface area contributed by atoms with E-state index in [1.165, 1.54) is 12.7 Å². The van der Waals surface area contributed by atoms with Crippen LogP contribution < -0.4 is 20.9 Å². The number of nitrogens with one attached hydrogen (secondary N) is 3. The molecule has 0 atom stereocenters. The van der Waals surface area contributed by atoms with Crippen molar-refractivity contribution in [3.05, 3.63) is 47.9 Å². The van der Waals surface area contributed by atoms with Gasteiger partial charge in [0.05, 0.1) is 0 Å². The number of anilines is 2. The molecule has 3 rings (SSSR count). The van der Waals surface area contributed by atoms with E-state index in [-0.39, 0.29) is 30.8 Å². The summed E-state index contributed by atoms with van der Waals surface area (Å²) in [4.78, 5) is 46.5. The first kappa shape index (κ1) is 22.2. The fourth-order valence-electron chi connectivity index (χ4n) is 3.27. The molecule has 0 aliphatic carbocycles. The quantitative estimate of drug-likeness (QED) is 0.558. The Morgan fingerprint density at radius 2 is 1.61 bits per heavy atom. The predicted molar refractivity (Wildman–Crippen MR) is 118 cm³/mol. The Balaban J connectivity index is 1.43. The highest BCUT2D eigenvalue weighted by Gasteiger charge is 2.15. The largest absolute Gasteiger partial charge is 0.357 e. The van der Waals surface area contributed by atoms with E-state index in [4.69, 9.17) is 0 Å². The molecule has 2 heterocycles. The molecule has 9 heteroatoms. The van der Waals surface area contributed by atoms with Gasteiger partial charge in [-0.25, -0.2) is 9.97 Å². The van der Waals surface area contributed by atoms with Crippen LogP contribution in [0.5, 0.6) is 0 Å². The molecule has 31 heavy (non-hydrogen) atoms. The van der Waals surface area contributed by atoms with Gasteiger partial charge < -0.3 is 20.9 Å². The Bertz CT molecular complexity index is 910. The highest BCUT2D eigenvalue weighted by atomic mass is 16.2. The van der Waals surface area contributed by atoms with Gasteiger partial charge in [-0.3, -0.25) is 14.4 Å². The number of nitrogens with zero attached hydrogens (tertiary/aromatic N) is 3. The van der Waals surface area contributed by atoms with E-state index < -0.39 is 0 Å². The number of aromatic nitrogens is 2. The third-order valence-corrected chi connectivity index (χ3v) is 5.01. The molecule has 9 nitrogen and oxygen atoms in total. The van der Waals surface area contributed by atoms with E-state index >= 15 is 0 Å². The minimum atomic E-state index is -0.300. The van der Waals surface area contributed by atoms with Crippen molar-refractivity contribution in [1.82, 2.24) is 20.6 Å². The number of rotatable bonds is 8. The van der Waals surface area contributed by atoms with Crippen molar-refractivity contribution < 1.29 is 14.4 Å². The molecule has 164 valence electrons. The standard InChI is InChI=1S/C22H28N6O3/c1-2-20(29)27-17-8-6-16(7-9-17)21(30)23-10-11-24-22(31)18-14-19(26-15-25-18)28-12-4-3-5-13-28/h6-9,14-15H,2-5,10-13H2,1H3,(H,23,30)(H,24,31)(H,27,29). The molecule has 0 unspecified atom stereocenters. The summed E-state index contributed by atoms with van der Waals surface area (Å²) >= 11 is 0. The molecule has 1 aromatic heterocycles. The van der Waals surface area contributed by atoms with Crippen LogP contribution in [0.25, 0.3) is 0 Å². The molecule has 1 aliphatic rings. The van der Waals surface area contributed by atoms with Crippen LogP contribution in [-0.2, 0) is 4.79 Å². The molecule has 0 radical (unpaired) electrons. The third-order valence-electron chi connectivity index (χ3n) is 5.01. The Morgan fingerprint density at radius 1 is 0.935 bits per heavy atom. The van der Waals surface area contributed by atoms with Gasteiger partial charge in [-0.1, -0.05) is 6.92 Å². The van der Waals surface area contributed by atoms with Gasteiger partial charge in [-0.2, -0.15) is 0 Å². The minimum Gasteiger partial charge on any atom is -0.357 e. The van der Waals surface area contributed by atoms with Gasteiger partial charge in [0.2, 0.25) is 5.91 Å². The first-order valence-electron chi connectivity index (χ1n) is 10.6. The Labute approximate surface area is 181 Å². The van der Waals surface area contributed by atoms with Crippen LogP contribution in [-0.4, -0.2) is 53.9 Å². The summed E-state index contributed by atoms with van der Waals surface area (Å²) in [7, 11) is 0. The Kier molecular flexibility index (Phi) is 7.91. The van der Waals surface area contributed by atoms with Crippen LogP contribution >= 0.6 is 0 Å². The molecular formula is C22H28N6O3. The number of carbonyl (C=O) groups excluding carboxylic acids is 3. The number of piperidine rings is 1. The number of benzene rings is 1. The van der Waals surface area contributed by atoms with Gasteiger partial charge in [0.25, 0.3) is 11.8 Å². The zero-order valence-corrected chi connectivity index (χ0v) is 17.7. The average molecular weight is 425 g/mol. The van der Waals surface area contributed by atoms with E-state index in [1.54, 1.807) is 37.3 Å². The van der Waals surface area contributed by atoms with Crippen LogP contribution in [0.2, 0.25) is 0 Å². The normalized spacial score (nSPS) is 13.4. The fourth-order valence-corrected chi connectivity index (χ4v) is 3.27. The first-order valence-corrected chi connectivity index (χ1v) is 10.6. The lowest BCUT2D eigenvalue weighted by atomic mass is 10.1. The summed E-state index contributed by atoms with van der Waals surface area (Å²) < 4.78 is 0. The van der Waals surface area contributed by atoms with Gasteiger partial charge >= 0.3 is 0 Å². The number of hydrogen-bond acceptors (Lipinski definition) is 6. The third kappa shape index (κ3) is 6.50. The van der Waals surface area contributed by atoms with E-state index in [2.05, 4.69) is 30.8 Å². The van der Waals surface area contributed by atoms with Crippen LogP contribution in [0.4, 0.5) is 11.5 Å². The highest BCUT2D eigenvalue weighted by Crippen LogP contribution is 2.17. The predicted octanol–water partition coefficient (Wildman–Crippen LogP) is 1.98. The maximum Gasteiger partial charge on any atom is 0.270 e. The van der Waals surface area contributed by atoms with Crippen LogP contribution in [0.1, 0.15) is 53.5 Å². The molecule has 1 aromatic carbocycles. The molecule has 1 fully saturated rings. The van der Waals surface area contributed by atoms with Crippen molar-refractivity contribution in [1.29, 1.82) is 0 Å². The van der Waals surface area contributed by atoms with Crippen molar-refractivity contribution in [3.63, 3.8) is 0 Å². The van der Waals surface area contributed by atoms with Gasteiger partial charge in [-0.15, -0.1) is 0 Å². The number of amides is 3. The molecule has 0 bridgehead atoms. The second-order valence-corrected chi connectivity index (χ2v) is 7.30. The second kappa shape index (κ2) is 11.1. The Hall–Kier alpha value is -3.49. The summed E-state index contributed by atoms with van der Waals surface area (Å²) in [6, 6.07) is 8.35. The summed E-state index contributed by atoms with van der Waals surface area (Å²) in [6.07, 6.45) is 5.28. The molecule has 3 N–H and O–H groups in total. The van der Waals surface area contributed by atoms with Crippen LogP contribution in [0.15, 0.2) is 36.7 Å². The van der Waals surface area contributed by atoms with E-state index in [0.29, 0.717) is 23.4 Å². The monoisotopic (exact) mass is 424 g/mol. The molecular weight excluding hydrogens is 396 g/mol. The zero-order chi connectivity index (χ0) is 22.1. The van der Waals surface area contributed by atoms with Crippen molar-refractivity contribution in [2.75, 3.05) is 36.4 Å². The summed E-state index contributed by atoms with van der Waals surface area (Å²) in [5.41, 5.74) is 1.43. The molecule has 3 amide bonds. The molecule has 1 saturated heterocycles. The van der Waals surface area contributed by atoms with Crippen LogP contribution in [0, 0.1) is 0 Å². The molecule has 2 aromatic rings. The summed E-state index contributed by atoms with van der Waals surface area (Å²) in [6.45, 7) is 4.21. The van der Waals surface area contributed by atoms with E-state index in [9.17, 15) is 14.4 Å². The Morgan fingerprint density at radius 3 is 2.29 bits per heavy atom. The SMILES string of the molecule is CCC(=O)Nc1ccc(C(=O)NCCNC(=O)c2cc(N3CCCCC3)ncn2)cc1. The topological polar surface area (TPSA) is 116 Å². The van der Waals surface area contributed by atoms with E-state index in [1.807, 2.05) is 0 Å². The lowest BCUT2D eigenvalue weighted by molar-refractivity contribution is -0.115. The first-order chi connectivity index (χ1) is 15.1. The maximum absolute atomic E-state index is 12.4. The fraction of sp³-hybridized carbons (Fsp3) is 0.409. The van der Waals surface area contributed by atoms with E-state index in [0.717, 1.165) is 31.7 Å². The average Bonchev–Trinajstić information content (AvgIpc) is 2.82. The smallest absolute Gasteiger partial charge is 0.270 e. The minimum absolute atomic E-state index is 0.0836. The summed E-state index contributed by atoms with van der Waals surface area (Å²) in [5, 5.41) is 8.25. The van der Waals surface area contributed by atoms with Gasteiger partial charge in [0.1, 0.15) is 17.8 Å². The number of hydrogen-bond donors (Lipinski definition) is 3. The van der Waals surface area contributed by atoms with Crippen molar-refractivity contribution in [2.24, 2.45) is 0 Å². The number of carbonyl (C=O) groups is 3. The molecule has 1 aliphatic heterocycles. The lowest BCUT2D eigenvalue weighted by Gasteiger charge is -2.27. The van der Waals surface area contributed by atoms with Gasteiger partial charge in [0, 0.05) is 49.9 Å². The van der Waals surface area contributed by atoms with Crippen molar-refractivity contribution in [2.45, 2.75) is 32.6 Å². The van der Waals surface area contributed by atoms with Gasteiger partial charge in [0.15, 0.2) is 0 Å². The van der Waals surface area contributed by atoms with Gasteiger partial charge in [-0.05, 0) is 43.5 Å². The second-order valence-electron chi connectivity index (χ2n) is 7.30. The lowest BCUT2D eigenvalue weighted by Crippen LogP contribution is -2.35. The van der Waals surface area contributed by atoms with Crippen LogP contribution in [0.3, 0.4) is 0 Å². The molecule has 0 saturated carbocycles. The van der Waals surface area contributed by atoms with Crippen molar-refractivity contribution >= 4 is 29.2 Å². The highest BCUT2D eigenvalue weighted by molar-refractivity contribution is 5.96. The molecule has 0 spiro atoms. The maximum atomic E-state index is 12.4. The zero-order valence-electron chi connectivity index (χ0n) is 17.7.